The Hall–Kier alpha value is -1.66. The molecule has 0 saturated heterocycles. The number of hydrogen-bond donors (Lipinski definition) is 0. The van der Waals surface area contributed by atoms with Crippen LogP contribution < -0.4 is 4.57 Å². The summed E-state index contributed by atoms with van der Waals surface area (Å²) < 4.78 is 31.2. The highest BCUT2D eigenvalue weighted by Crippen LogP contribution is 2.10. The van der Waals surface area contributed by atoms with Crippen molar-refractivity contribution in [2.75, 3.05) is 6.61 Å². The Morgan fingerprint density at radius 3 is 2.25 bits per heavy atom. The molecule has 0 spiro atoms. The first-order valence-corrected chi connectivity index (χ1v) is 7.86. The molecule has 0 saturated carbocycles. The van der Waals surface area contributed by atoms with Crippen molar-refractivity contribution < 1.29 is 17.2 Å². The van der Waals surface area contributed by atoms with Crippen LogP contribution in [0.1, 0.15) is 13.8 Å². The molecule has 2 aromatic rings. The summed E-state index contributed by atoms with van der Waals surface area (Å²) in [7, 11) is -1.49. The van der Waals surface area contributed by atoms with E-state index in [2.05, 4.69) is 28.2 Å². The van der Waals surface area contributed by atoms with Crippen LogP contribution >= 0.6 is 0 Å². The summed E-state index contributed by atoms with van der Waals surface area (Å²) in [6, 6.07) is 8.08. The summed E-state index contributed by atoms with van der Waals surface area (Å²) in [6.07, 6.45) is 6.14. The average molecular weight is 297 g/mol. The number of aromatic nitrogens is 2. The van der Waals surface area contributed by atoms with E-state index < -0.39 is 10.1 Å². The predicted octanol–water partition coefficient (Wildman–Crippen LogP) is 1.74. The molecular weight excluding hydrogens is 276 g/mol. The topological polar surface area (TPSA) is 52.2 Å². The van der Waals surface area contributed by atoms with E-state index in [0.29, 0.717) is 0 Å². The van der Waals surface area contributed by atoms with Crippen molar-refractivity contribution in [2.45, 2.75) is 25.3 Å². The van der Waals surface area contributed by atoms with E-state index in [-0.39, 0.29) is 11.5 Å². The van der Waals surface area contributed by atoms with Gasteiger partial charge in [0.2, 0.25) is 6.33 Å². The minimum atomic E-state index is -3.51. The number of nitrogens with zero attached hydrogens (tertiary/aromatic N) is 2. The second-order valence-corrected chi connectivity index (χ2v) is 5.70. The Bertz CT molecular complexity index is 606. The normalized spacial score (nSPS) is 10.8. The van der Waals surface area contributed by atoms with Gasteiger partial charge in [0, 0.05) is 0 Å². The molecule has 0 atom stereocenters. The van der Waals surface area contributed by atoms with Crippen molar-refractivity contribution in [3.05, 3.63) is 49.1 Å². The highest BCUT2D eigenvalue weighted by atomic mass is 32.2. The predicted molar refractivity (Wildman–Crippen MR) is 76.5 cm³/mol. The monoisotopic (exact) mass is 297 g/mol. The number of rotatable bonds is 4. The molecule has 1 heterocycles. The zero-order valence-corrected chi connectivity index (χ0v) is 12.9. The molecule has 2 rings (SSSR count). The molecule has 1 aromatic heterocycles. The zero-order valence-electron chi connectivity index (χ0n) is 12.1. The van der Waals surface area contributed by atoms with Gasteiger partial charge in [-0.25, -0.2) is 9.13 Å². The second kappa shape index (κ2) is 7.81. The van der Waals surface area contributed by atoms with Gasteiger partial charge in [0.05, 0.1) is 25.1 Å². The van der Waals surface area contributed by atoms with E-state index in [1.165, 1.54) is 12.1 Å². The SMILES string of the molecule is CCOS(=O)(=O)c1ccccc1.CCn1cc[n+](C)c1. The number of benzene rings is 1. The molecule has 0 fully saturated rings. The number of hydrogen-bond acceptors (Lipinski definition) is 3. The van der Waals surface area contributed by atoms with Gasteiger partial charge in [0.1, 0.15) is 12.4 Å². The molecule has 20 heavy (non-hydrogen) atoms. The third-order valence-electron chi connectivity index (χ3n) is 2.49. The summed E-state index contributed by atoms with van der Waals surface area (Å²) in [4.78, 5) is 0.201. The second-order valence-electron chi connectivity index (χ2n) is 4.08. The van der Waals surface area contributed by atoms with Gasteiger partial charge in [-0.15, -0.1) is 0 Å². The van der Waals surface area contributed by atoms with Crippen molar-refractivity contribution in [1.29, 1.82) is 0 Å². The Morgan fingerprint density at radius 1 is 1.20 bits per heavy atom. The minimum Gasteiger partial charge on any atom is -0.267 e. The van der Waals surface area contributed by atoms with E-state index in [0.717, 1.165) is 6.54 Å². The van der Waals surface area contributed by atoms with Crippen LogP contribution in [0.4, 0.5) is 0 Å². The van der Waals surface area contributed by atoms with Crippen LogP contribution in [0.15, 0.2) is 53.9 Å². The lowest BCUT2D eigenvalue weighted by Crippen LogP contribution is -2.23. The van der Waals surface area contributed by atoms with Crippen LogP contribution in [-0.4, -0.2) is 19.6 Å². The van der Waals surface area contributed by atoms with Crippen LogP contribution in [0.5, 0.6) is 0 Å². The third-order valence-corrected chi connectivity index (χ3v) is 3.89. The fourth-order valence-corrected chi connectivity index (χ4v) is 2.44. The first-order valence-electron chi connectivity index (χ1n) is 6.45. The molecule has 0 unspecified atom stereocenters. The Labute approximate surface area is 120 Å². The number of aryl methyl sites for hydroxylation is 2. The van der Waals surface area contributed by atoms with E-state index in [1.54, 1.807) is 25.1 Å². The Kier molecular flexibility index (Phi) is 6.41. The van der Waals surface area contributed by atoms with E-state index in [9.17, 15) is 8.42 Å². The van der Waals surface area contributed by atoms with Crippen molar-refractivity contribution in [3.63, 3.8) is 0 Å². The summed E-state index contributed by atoms with van der Waals surface area (Å²) in [5, 5.41) is 0. The quantitative estimate of drug-likeness (QED) is 0.638. The molecule has 0 amide bonds. The molecular formula is C14H21N2O3S+. The first kappa shape index (κ1) is 16.4. The third kappa shape index (κ3) is 5.14. The smallest absolute Gasteiger partial charge is 0.267 e. The lowest BCUT2D eigenvalue weighted by Gasteiger charge is -2.01. The highest BCUT2D eigenvalue weighted by Gasteiger charge is 2.12. The first-order chi connectivity index (χ1) is 9.49. The van der Waals surface area contributed by atoms with Crippen molar-refractivity contribution in [3.8, 4) is 0 Å². The van der Waals surface area contributed by atoms with Crippen LogP contribution in [-0.2, 0) is 27.9 Å². The Morgan fingerprint density at radius 2 is 1.85 bits per heavy atom. The zero-order chi connectivity index (χ0) is 15.0. The van der Waals surface area contributed by atoms with Crippen LogP contribution in [0.3, 0.4) is 0 Å². The molecule has 0 aliphatic carbocycles. The highest BCUT2D eigenvalue weighted by molar-refractivity contribution is 7.86. The van der Waals surface area contributed by atoms with Gasteiger partial charge in [0.15, 0.2) is 0 Å². The van der Waals surface area contributed by atoms with Gasteiger partial charge in [-0.1, -0.05) is 18.2 Å². The molecule has 6 heteroatoms. The van der Waals surface area contributed by atoms with Gasteiger partial charge in [-0.05, 0) is 26.0 Å². The minimum absolute atomic E-state index is 0.164. The summed E-state index contributed by atoms with van der Waals surface area (Å²) in [6.45, 7) is 4.98. The van der Waals surface area contributed by atoms with Crippen molar-refractivity contribution >= 4 is 10.1 Å². The largest absolute Gasteiger partial charge is 0.296 e. The fourth-order valence-electron chi connectivity index (χ4n) is 1.50. The van der Waals surface area contributed by atoms with Crippen molar-refractivity contribution in [2.24, 2.45) is 7.05 Å². The van der Waals surface area contributed by atoms with E-state index in [4.69, 9.17) is 0 Å². The maximum absolute atomic E-state index is 11.2. The maximum atomic E-state index is 11.2. The Balaban J connectivity index is 0.000000217. The van der Waals surface area contributed by atoms with Gasteiger partial charge in [-0.3, -0.25) is 4.18 Å². The standard InChI is InChI=1S/C8H10O3S.C6H11N2/c1-2-11-12(9,10)8-6-4-3-5-7-8;1-3-8-5-4-7(2)6-8/h3-7H,2H2,1H3;4-6H,3H2,1-2H3/q;+1. The summed E-state index contributed by atoms with van der Waals surface area (Å²) >= 11 is 0. The van der Waals surface area contributed by atoms with Gasteiger partial charge >= 0.3 is 0 Å². The van der Waals surface area contributed by atoms with Crippen LogP contribution in [0.2, 0.25) is 0 Å². The molecule has 0 aliphatic heterocycles. The lowest BCUT2D eigenvalue weighted by atomic mass is 10.4. The molecule has 0 radical (unpaired) electrons. The molecule has 0 aliphatic rings. The number of imidazole rings is 1. The maximum Gasteiger partial charge on any atom is 0.296 e. The summed E-state index contributed by atoms with van der Waals surface area (Å²) in [5.74, 6) is 0. The van der Waals surface area contributed by atoms with Gasteiger partial charge < -0.3 is 0 Å². The molecule has 1 aromatic carbocycles. The van der Waals surface area contributed by atoms with Gasteiger partial charge in [0.25, 0.3) is 10.1 Å². The van der Waals surface area contributed by atoms with Crippen LogP contribution in [0.25, 0.3) is 0 Å². The van der Waals surface area contributed by atoms with Crippen molar-refractivity contribution in [1.82, 2.24) is 4.57 Å². The molecule has 110 valence electrons. The molecule has 0 N–H and O–H groups in total. The molecule has 5 nitrogen and oxygen atoms in total. The van der Waals surface area contributed by atoms with E-state index in [1.807, 2.05) is 17.8 Å². The van der Waals surface area contributed by atoms with E-state index >= 15 is 0 Å². The average Bonchev–Trinajstić information content (AvgIpc) is 2.86. The van der Waals surface area contributed by atoms with Crippen LogP contribution in [0, 0.1) is 0 Å². The van der Waals surface area contributed by atoms with Gasteiger partial charge in [-0.2, -0.15) is 8.42 Å². The fraction of sp³-hybridized carbons (Fsp3) is 0.357. The lowest BCUT2D eigenvalue weighted by molar-refractivity contribution is -0.671. The molecule has 0 bridgehead atoms. The summed E-state index contributed by atoms with van der Waals surface area (Å²) in [5.41, 5.74) is 0.